The summed E-state index contributed by atoms with van der Waals surface area (Å²) in [5.74, 6) is -0.191. The van der Waals surface area contributed by atoms with E-state index in [4.69, 9.17) is 16.3 Å². The van der Waals surface area contributed by atoms with Crippen LogP contribution in [0.15, 0.2) is 18.2 Å². The predicted molar refractivity (Wildman–Crippen MR) is 67.1 cm³/mol. The Balaban J connectivity index is 2.05. The van der Waals surface area contributed by atoms with Gasteiger partial charge in [0.1, 0.15) is 5.82 Å². The van der Waals surface area contributed by atoms with Crippen LogP contribution >= 0.6 is 11.6 Å². The van der Waals surface area contributed by atoms with Gasteiger partial charge in [0.25, 0.3) is 0 Å². The quantitative estimate of drug-likeness (QED) is 0.792. The molecule has 0 bridgehead atoms. The molecule has 1 aliphatic carbocycles. The highest BCUT2D eigenvalue weighted by molar-refractivity contribution is 6.31. The first kappa shape index (κ1) is 12.8. The minimum absolute atomic E-state index is 0.101. The van der Waals surface area contributed by atoms with Crippen LogP contribution in [0.3, 0.4) is 0 Å². The normalized spacial score (nSPS) is 17.1. The number of hydrogen-bond donors (Lipinski definition) is 1. The van der Waals surface area contributed by atoms with E-state index in [1.165, 1.54) is 6.07 Å². The second-order valence-corrected chi connectivity index (χ2v) is 4.95. The van der Waals surface area contributed by atoms with Crippen molar-refractivity contribution in [3.05, 3.63) is 34.6 Å². The molecule has 2 nitrogen and oxygen atoms in total. The van der Waals surface area contributed by atoms with E-state index in [9.17, 15) is 4.39 Å². The lowest BCUT2D eigenvalue weighted by Gasteiger charge is -2.18. The van der Waals surface area contributed by atoms with Gasteiger partial charge in [-0.25, -0.2) is 4.39 Å². The summed E-state index contributed by atoms with van der Waals surface area (Å²) in [6.07, 6.45) is 1.99. The van der Waals surface area contributed by atoms with E-state index in [0.717, 1.165) is 25.9 Å². The number of halogens is 2. The zero-order valence-corrected chi connectivity index (χ0v) is 10.7. The highest BCUT2D eigenvalue weighted by Gasteiger charge is 2.46. The van der Waals surface area contributed by atoms with Gasteiger partial charge in [-0.1, -0.05) is 17.7 Å². The van der Waals surface area contributed by atoms with Crippen LogP contribution in [0.2, 0.25) is 5.02 Å². The van der Waals surface area contributed by atoms with Crippen molar-refractivity contribution in [3.8, 4) is 0 Å². The van der Waals surface area contributed by atoms with Gasteiger partial charge in [-0.15, -0.1) is 0 Å². The standard InChI is InChI=1S/C13H17ClFNO/c1-17-8-7-16-9-13(5-6-13)12-10(14)3-2-4-11(12)15/h2-4,16H,5-9H2,1H3. The summed E-state index contributed by atoms with van der Waals surface area (Å²) in [6.45, 7) is 2.21. The molecule has 1 N–H and O–H groups in total. The molecular weight excluding hydrogens is 241 g/mol. The lowest BCUT2D eigenvalue weighted by Crippen LogP contribution is -2.30. The molecule has 0 amide bonds. The maximum atomic E-state index is 13.8. The largest absolute Gasteiger partial charge is 0.383 e. The topological polar surface area (TPSA) is 21.3 Å². The molecule has 0 aliphatic heterocycles. The molecule has 0 atom stereocenters. The zero-order chi connectivity index (χ0) is 12.3. The van der Waals surface area contributed by atoms with E-state index >= 15 is 0 Å². The van der Waals surface area contributed by atoms with Crippen LogP contribution in [0.25, 0.3) is 0 Å². The molecule has 1 aliphatic rings. The van der Waals surface area contributed by atoms with Crippen molar-refractivity contribution in [1.29, 1.82) is 0 Å². The number of benzene rings is 1. The maximum Gasteiger partial charge on any atom is 0.128 e. The zero-order valence-electron chi connectivity index (χ0n) is 9.93. The van der Waals surface area contributed by atoms with Crippen LogP contribution in [0, 0.1) is 5.82 Å². The van der Waals surface area contributed by atoms with Gasteiger partial charge in [-0.05, 0) is 25.0 Å². The van der Waals surface area contributed by atoms with Crippen molar-refractivity contribution in [1.82, 2.24) is 5.32 Å². The molecule has 94 valence electrons. The summed E-state index contributed by atoms with van der Waals surface area (Å²) in [7, 11) is 1.67. The summed E-state index contributed by atoms with van der Waals surface area (Å²) in [6, 6.07) is 4.89. The van der Waals surface area contributed by atoms with Gasteiger partial charge >= 0.3 is 0 Å². The Labute approximate surface area is 106 Å². The van der Waals surface area contributed by atoms with Gasteiger partial charge in [0, 0.05) is 36.2 Å². The highest BCUT2D eigenvalue weighted by atomic mass is 35.5. The molecule has 1 aromatic carbocycles. The van der Waals surface area contributed by atoms with E-state index in [1.807, 2.05) is 0 Å². The van der Waals surface area contributed by atoms with Gasteiger partial charge in [0.2, 0.25) is 0 Å². The fourth-order valence-corrected chi connectivity index (χ4v) is 2.54. The first-order valence-electron chi connectivity index (χ1n) is 5.84. The van der Waals surface area contributed by atoms with E-state index in [1.54, 1.807) is 19.2 Å². The van der Waals surface area contributed by atoms with Crippen LogP contribution in [0.5, 0.6) is 0 Å². The Kier molecular flexibility index (Phi) is 4.02. The van der Waals surface area contributed by atoms with Crippen LogP contribution in [0.4, 0.5) is 4.39 Å². The average molecular weight is 258 g/mol. The minimum Gasteiger partial charge on any atom is -0.383 e. The van der Waals surface area contributed by atoms with Crippen molar-refractivity contribution < 1.29 is 9.13 Å². The first-order chi connectivity index (χ1) is 8.19. The second-order valence-electron chi connectivity index (χ2n) is 4.55. The Morgan fingerprint density at radius 2 is 2.24 bits per heavy atom. The number of hydrogen-bond acceptors (Lipinski definition) is 2. The minimum atomic E-state index is -0.191. The lowest BCUT2D eigenvalue weighted by molar-refractivity contribution is 0.198. The summed E-state index contributed by atoms with van der Waals surface area (Å²) in [5.41, 5.74) is 0.572. The third-order valence-electron chi connectivity index (χ3n) is 3.29. The molecule has 1 fully saturated rings. The van der Waals surface area contributed by atoms with E-state index in [-0.39, 0.29) is 11.2 Å². The molecule has 17 heavy (non-hydrogen) atoms. The van der Waals surface area contributed by atoms with Gasteiger partial charge in [0.05, 0.1) is 6.61 Å². The second kappa shape index (κ2) is 5.34. The molecule has 0 radical (unpaired) electrons. The first-order valence-corrected chi connectivity index (χ1v) is 6.21. The van der Waals surface area contributed by atoms with Gasteiger partial charge < -0.3 is 10.1 Å². The fourth-order valence-electron chi connectivity index (χ4n) is 2.17. The Hall–Kier alpha value is -0.640. The van der Waals surface area contributed by atoms with Gasteiger partial charge in [-0.2, -0.15) is 0 Å². The van der Waals surface area contributed by atoms with Crippen molar-refractivity contribution >= 4 is 11.6 Å². The fraction of sp³-hybridized carbons (Fsp3) is 0.538. The molecule has 0 unspecified atom stereocenters. The number of ether oxygens (including phenoxy) is 1. The van der Waals surface area contributed by atoms with Crippen LogP contribution in [0.1, 0.15) is 18.4 Å². The molecule has 4 heteroatoms. The number of methoxy groups -OCH3 is 1. The third-order valence-corrected chi connectivity index (χ3v) is 3.61. The molecule has 0 heterocycles. The summed E-state index contributed by atoms with van der Waals surface area (Å²) < 4.78 is 18.8. The molecule has 0 saturated heterocycles. The predicted octanol–water partition coefficient (Wildman–Crippen LogP) is 2.75. The molecule has 0 aromatic heterocycles. The summed E-state index contributed by atoms with van der Waals surface area (Å²) >= 11 is 6.10. The number of nitrogens with one attached hydrogen (secondary N) is 1. The SMILES string of the molecule is COCCNCC1(c2c(F)cccc2Cl)CC1. The van der Waals surface area contributed by atoms with Crippen molar-refractivity contribution in [2.45, 2.75) is 18.3 Å². The molecule has 2 rings (SSSR count). The van der Waals surface area contributed by atoms with E-state index < -0.39 is 0 Å². The van der Waals surface area contributed by atoms with Crippen LogP contribution < -0.4 is 5.32 Å². The van der Waals surface area contributed by atoms with Crippen molar-refractivity contribution in [2.75, 3.05) is 26.8 Å². The van der Waals surface area contributed by atoms with Crippen LogP contribution in [-0.4, -0.2) is 26.8 Å². The third kappa shape index (κ3) is 2.79. The summed E-state index contributed by atoms with van der Waals surface area (Å²) in [5, 5.41) is 3.83. The Morgan fingerprint density at radius 1 is 1.47 bits per heavy atom. The maximum absolute atomic E-state index is 13.8. The van der Waals surface area contributed by atoms with Gasteiger partial charge in [0.15, 0.2) is 0 Å². The number of rotatable bonds is 6. The lowest BCUT2D eigenvalue weighted by atomic mass is 9.95. The monoisotopic (exact) mass is 257 g/mol. The van der Waals surface area contributed by atoms with Gasteiger partial charge in [-0.3, -0.25) is 0 Å². The Bertz CT molecular complexity index is 373. The van der Waals surface area contributed by atoms with Crippen molar-refractivity contribution in [2.24, 2.45) is 0 Å². The average Bonchev–Trinajstić information content (AvgIpc) is 3.05. The molecule has 1 aromatic rings. The highest BCUT2D eigenvalue weighted by Crippen LogP contribution is 2.50. The smallest absolute Gasteiger partial charge is 0.128 e. The van der Waals surface area contributed by atoms with E-state index in [2.05, 4.69) is 5.32 Å². The summed E-state index contributed by atoms with van der Waals surface area (Å²) in [4.78, 5) is 0. The van der Waals surface area contributed by atoms with Crippen LogP contribution in [-0.2, 0) is 10.2 Å². The molecule has 0 spiro atoms. The van der Waals surface area contributed by atoms with E-state index in [0.29, 0.717) is 17.2 Å². The molecule has 1 saturated carbocycles. The van der Waals surface area contributed by atoms with Crippen molar-refractivity contribution in [3.63, 3.8) is 0 Å². The molecular formula is C13H17ClFNO. The Morgan fingerprint density at radius 3 is 2.82 bits per heavy atom.